The number of nitro benzene ring substituents is 1. The van der Waals surface area contributed by atoms with Crippen LogP contribution in [0.5, 0.6) is 5.75 Å². The van der Waals surface area contributed by atoms with Gasteiger partial charge in [-0.25, -0.2) is 0 Å². The second-order valence-corrected chi connectivity index (χ2v) is 6.63. The molecule has 0 aliphatic carbocycles. The number of amides is 1. The Hall–Kier alpha value is -2.56. The minimum atomic E-state index is -0.503. The molecular weight excluding hydrogens is 450 g/mol. The number of nitro groups is 1. The molecule has 2 rings (SSSR count). The molecule has 0 fully saturated rings. The van der Waals surface area contributed by atoms with Crippen molar-refractivity contribution in [2.45, 2.75) is 6.92 Å². The van der Waals surface area contributed by atoms with E-state index in [1.807, 2.05) is 6.92 Å². The zero-order valence-electron chi connectivity index (χ0n) is 14.9. The first-order valence-corrected chi connectivity index (χ1v) is 9.48. The molecule has 2 aromatic carbocycles. The molecule has 2 N–H and O–H groups in total. The van der Waals surface area contributed by atoms with Gasteiger partial charge in [-0.15, -0.1) is 0 Å². The number of rotatable bonds is 8. The predicted molar refractivity (Wildman–Crippen MR) is 113 cm³/mol. The van der Waals surface area contributed by atoms with E-state index in [2.05, 4.69) is 26.6 Å². The Morgan fingerprint density at radius 2 is 2.00 bits per heavy atom. The Kier molecular flexibility index (Phi) is 8.30. The second-order valence-electron chi connectivity index (χ2n) is 5.37. The normalized spacial score (nSPS) is 10.2. The Morgan fingerprint density at radius 3 is 2.68 bits per heavy atom. The monoisotopic (exact) mass is 467 g/mol. The lowest BCUT2D eigenvalue weighted by molar-refractivity contribution is -0.384. The van der Waals surface area contributed by atoms with Crippen molar-refractivity contribution in [1.29, 1.82) is 0 Å². The Balaban J connectivity index is 2.01. The van der Waals surface area contributed by atoms with Gasteiger partial charge in [0.05, 0.1) is 22.8 Å². The van der Waals surface area contributed by atoms with Crippen LogP contribution in [0.25, 0.3) is 0 Å². The van der Waals surface area contributed by atoms with Crippen LogP contribution in [-0.4, -0.2) is 35.8 Å². The van der Waals surface area contributed by atoms with Crippen molar-refractivity contribution in [2.75, 3.05) is 25.1 Å². The summed E-state index contributed by atoms with van der Waals surface area (Å²) >= 11 is 8.40. The van der Waals surface area contributed by atoms with Gasteiger partial charge in [0.2, 0.25) is 0 Å². The number of para-hydroxylation sites is 1. The van der Waals surface area contributed by atoms with E-state index < -0.39 is 10.8 Å². The molecule has 0 aliphatic rings. The van der Waals surface area contributed by atoms with Crippen molar-refractivity contribution in [3.8, 4) is 5.75 Å². The van der Waals surface area contributed by atoms with E-state index in [9.17, 15) is 14.9 Å². The lowest BCUT2D eigenvalue weighted by Crippen LogP contribution is -2.34. The van der Waals surface area contributed by atoms with Crippen molar-refractivity contribution in [2.24, 2.45) is 0 Å². The molecule has 0 aliphatic heterocycles. The number of halogens is 1. The fourth-order valence-electron chi connectivity index (χ4n) is 2.18. The molecule has 2 aromatic rings. The summed E-state index contributed by atoms with van der Waals surface area (Å²) in [5.41, 5.74) is 0.744. The summed E-state index contributed by atoms with van der Waals surface area (Å²) in [5.74, 6) is -0.0263. The van der Waals surface area contributed by atoms with Crippen LogP contribution < -0.4 is 15.4 Å². The third-order valence-electron chi connectivity index (χ3n) is 3.46. The second kappa shape index (κ2) is 10.7. The van der Waals surface area contributed by atoms with E-state index >= 15 is 0 Å². The lowest BCUT2D eigenvalue weighted by atomic mass is 10.2. The first-order chi connectivity index (χ1) is 13.4. The van der Waals surface area contributed by atoms with Gasteiger partial charge in [0.1, 0.15) is 12.4 Å². The minimum Gasteiger partial charge on any atom is -0.490 e. The summed E-state index contributed by atoms with van der Waals surface area (Å²) in [4.78, 5) is 22.8. The minimum absolute atomic E-state index is 0.0451. The molecule has 8 nitrogen and oxygen atoms in total. The molecule has 0 aromatic heterocycles. The van der Waals surface area contributed by atoms with Crippen LogP contribution in [0, 0.1) is 10.1 Å². The van der Waals surface area contributed by atoms with E-state index in [-0.39, 0.29) is 10.8 Å². The molecule has 0 unspecified atom stereocenters. The highest BCUT2D eigenvalue weighted by atomic mass is 79.9. The number of thiocarbonyl (C=S) groups is 1. The van der Waals surface area contributed by atoms with Crippen LogP contribution in [0.4, 0.5) is 11.4 Å². The highest BCUT2D eigenvalue weighted by molar-refractivity contribution is 9.10. The van der Waals surface area contributed by atoms with Crippen molar-refractivity contribution in [3.05, 3.63) is 62.6 Å². The Bertz CT molecular complexity index is 878. The predicted octanol–water partition coefficient (Wildman–Crippen LogP) is 3.90. The van der Waals surface area contributed by atoms with Gasteiger partial charge in [-0.05, 0) is 53.3 Å². The van der Waals surface area contributed by atoms with Gasteiger partial charge in [0.25, 0.3) is 11.6 Å². The SMILES string of the molecule is CCOCCOc1ccccc1C(=O)NC(=S)Nc1ccc([N+](=O)[O-])cc1Br. The molecule has 0 spiro atoms. The largest absolute Gasteiger partial charge is 0.490 e. The average molecular weight is 468 g/mol. The van der Waals surface area contributed by atoms with Crippen molar-refractivity contribution < 1.29 is 19.2 Å². The number of ether oxygens (including phenoxy) is 2. The van der Waals surface area contributed by atoms with Crippen LogP contribution in [-0.2, 0) is 4.74 Å². The highest BCUT2D eigenvalue weighted by Crippen LogP contribution is 2.27. The zero-order chi connectivity index (χ0) is 20.5. The quantitative estimate of drug-likeness (QED) is 0.262. The van der Waals surface area contributed by atoms with Crippen LogP contribution in [0.15, 0.2) is 46.9 Å². The fourth-order valence-corrected chi connectivity index (χ4v) is 2.85. The van der Waals surface area contributed by atoms with Gasteiger partial charge in [0.15, 0.2) is 5.11 Å². The number of hydrogen-bond donors (Lipinski definition) is 2. The van der Waals surface area contributed by atoms with Gasteiger partial charge < -0.3 is 14.8 Å². The molecule has 148 valence electrons. The molecular formula is C18H18BrN3O5S. The Morgan fingerprint density at radius 1 is 1.25 bits per heavy atom. The summed E-state index contributed by atoms with van der Waals surface area (Å²) in [6.07, 6.45) is 0. The summed E-state index contributed by atoms with van der Waals surface area (Å²) in [6.45, 7) is 3.21. The van der Waals surface area contributed by atoms with Gasteiger partial charge >= 0.3 is 0 Å². The topological polar surface area (TPSA) is 103 Å². The maximum absolute atomic E-state index is 12.5. The number of hydrogen-bond acceptors (Lipinski definition) is 6. The maximum atomic E-state index is 12.5. The summed E-state index contributed by atoms with van der Waals surface area (Å²) in [6, 6.07) is 10.9. The molecule has 0 saturated heterocycles. The van der Waals surface area contributed by atoms with Crippen molar-refractivity contribution in [1.82, 2.24) is 5.32 Å². The summed E-state index contributed by atoms with van der Waals surface area (Å²) in [5, 5.41) is 16.2. The van der Waals surface area contributed by atoms with Gasteiger partial charge in [-0.1, -0.05) is 12.1 Å². The third-order valence-corrected chi connectivity index (χ3v) is 4.32. The molecule has 0 saturated carbocycles. The number of carbonyl (C=O) groups is 1. The molecule has 0 bridgehead atoms. The number of nitrogens with one attached hydrogen (secondary N) is 2. The van der Waals surface area contributed by atoms with Gasteiger partial charge in [-0.3, -0.25) is 20.2 Å². The number of carbonyl (C=O) groups excluding carboxylic acids is 1. The van der Waals surface area contributed by atoms with E-state index in [0.717, 1.165) is 0 Å². The smallest absolute Gasteiger partial charge is 0.270 e. The maximum Gasteiger partial charge on any atom is 0.270 e. The van der Waals surface area contributed by atoms with Crippen molar-refractivity contribution in [3.63, 3.8) is 0 Å². The lowest BCUT2D eigenvalue weighted by Gasteiger charge is -2.13. The van der Waals surface area contributed by atoms with E-state index in [0.29, 0.717) is 41.3 Å². The van der Waals surface area contributed by atoms with Crippen LogP contribution in [0.3, 0.4) is 0 Å². The number of benzene rings is 2. The zero-order valence-corrected chi connectivity index (χ0v) is 17.3. The van der Waals surface area contributed by atoms with Crippen LogP contribution in [0.2, 0.25) is 0 Å². The van der Waals surface area contributed by atoms with Crippen LogP contribution in [0.1, 0.15) is 17.3 Å². The molecule has 0 heterocycles. The molecule has 10 heteroatoms. The molecule has 28 heavy (non-hydrogen) atoms. The summed E-state index contributed by atoms with van der Waals surface area (Å²) < 4.78 is 11.3. The van der Waals surface area contributed by atoms with Gasteiger partial charge in [0, 0.05) is 23.2 Å². The van der Waals surface area contributed by atoms with Gasteiger partial charge in [-0.2, -0.15) is 0 Å². The van der Waals surface area contributed by atoms with E-state index in [1.54, 1.807) is 24.3 Å². The highest BCUT2D eigenvalue weighted by Gasteiger charge is 2.15. The number of anilines is 1. The fraction of sp³-hybridized carbons (Fsp3) is 0.222. The van der Waals surface area contributed by atoms with Crippen molar-refractivity contribution >= 4 is 50.5 Å². The van der Waals surface area contributed by atoms with E-state index in [1.165, 1.54) is 18.2 Å². The van der Waals surface area contributed by atoms with E-state index in [4.69, 9.17) is 21.7 Å². The Labute approximate surface area is 175 Å². The molecule has 0 atom stereocenters. The third kappa shape index (κ3) is 6.25. The number of non-ortho nitro benzene ring substituents is 1. The first kappa shape index (κ1) is 21.7. The standard InChI is InChI=1S/C18H18BrN3O5S/c1-2-26-9-10-27-16-6-4-3-5-13(16)17(23)21-18(28)20-15-8-7-12(22(24)25)11-14(15)19/h3-8,11H,2,9-10H2,1H3,(H2,20,21,23,28). The summed E-state index contributed by atoms with van der Waals surface area (Å²) in [7, 11) is 0. The average Bonchev–Trinajstić information content (AvgIpc) is 2.67. The molecule has 1 amide bonds. The van der Waals surface area contributed by atoms with Crippen LogP contribution >= 0.6 is 28.1 Å². The first-order valence-electron chi connectivity index (χ1n) is 8.28. The number of nitrogens with zero attached hydrogens (tertiary/aromatic N) is 1. The molecule has 0 radical (unpaired) electrons.